The topological polar surface area (TPSA) is 84.0 Å². The maximum atomic E-state index is 12.7. The summed E-state index contributed by atoms with van der Waals surface area (Å²) in [6.45, 7) is 0.346. The Hall–Kier alpha value is -2.87. The summed E-state index contributed by atoms with van der Waals surface area (Å²) in [5, 5.41) is 0. The largest absolute Gasteiger partial charge is 0.444 e. The van der Waals surface area contributed by atoms with E-state index in [-0.39, 0.29) is 11.5 Å². The number of anilines is 1. The Morgan fingerprint density at radius 2 is 1.79 bits per heavy atom. The molecule has 0 spiro atoms. The van der Waals surface area contributed by atoms with E-state index in [4.69, 9.17) is 4.74 Å². The zero-order valence-electron chi connectivity index (χ0n) is 16.0. The average Bonchev–Trinajstić information content (AvgIpc) is 3.09. The monoisotopic (exact) mass is 402 g/mol. The number of esters is 1. The number of fused-ring (bicyclic) bond motifs is 1. The lowest BCUT2D eigenvalue weighted by molar-refractivity contribution is -0.138. The van der Waals surface area contributed by atoms with Gasteiger partial charge >= 0.3 is 5.97 Å². The molecule has 8 heteroatoms. The number of nitrogens with zero attached hydrogens (tertiary/aromatic N) is 2. The van der Waals surface area contributed by atoms with Crippen LogP contribution in [-0.4, -0.2) is 52.1 Å². The van der Waals surface area contributed by atoms with E-state index < -0.39 is 22.1 Å². The van der Waals surface area contributed by atoms with Crippen molar-refractivity contribution in [3.63, 3.8) is 0 Å². The summed E-state index contributed by atoms with van der Waals surface area (Å²) in [7, 11) is -0.161. The van der Waals surface area contributed by atoms with Crippen molar-refractivity contribution >= 4 is 27.6 Å². The Morgan fingerprint density at radius 1 is 1.11 bits per heavy atom. The highest BCUT2D eigenvalue weighted by Crippen LogP contribution is 2.31. The number of amides is 1. The van der Waals surface area contributed by atoms with E-state index >= 15 is 0 Å². The third kappa shape index (κ3) is 4.01. The molecule has 0 unspecified atom stereocenters. The molecule has 1 aliphatic rings. The summed E-state index contributed by atoms with van der Waals surface area (Å²) in [6.07, 6.45) is 0.619. The van der Waals surface area contributed by atoms with Gasteiger partial charge in [0.1, 0.15) is 0 Å². The molecule has 0 N–H and O–H groups in total. The number of hydrogen-bond donors (Lipinski definition) is 0. The summed E-state index contributed by atoms with van der Waals surface area (Å²) in [6, 6.07) is 13.6. The van der Waals surface area contributed by atoms with E-state index in [0.29, 0.717) is 24.2 Å². The van der Waals surface area contributed by atoms with Crippen LogP contribution in [0.15, 0.2) is 48.5 Å². The van der Waals surface area contributed by atoms with Gasteiger partial charge in [-0.1, -0.05) is 30.3 Å². The number of benzene rings is 2. The highest BCUT2D eigenvalue weighted by molar-refractivity contribution is 7.92. The summed E-state index contributed by atoms with van der Waals surface area (Å²) < 4.78 is 30.6. The molecule has 1 heterocycles. The molecule has 7 nitrogen and oxygen atoms in total. The molecule has 1 aliphatic heterocycles. The molecule has 0 saturated heterocycles. The average molecular weight is 402 g/mol. The number of ether oxygens (including phenoxy) is 1. The van der Waals surface area contributed by atoms with E-state index in [9.17, 15) is 18.0 Å². The van der Waals surface area contributed by atoms with E-state index in [1.165, 1.54) is 15.3 Å². The number of carbonyl (C=O) groups excluding carboxylic acids is 2. The first-order valence-corrected chi connectivity index (χ1v) is 10.6. The second kappa shape index (κ2) is 7.63. The molecular formula is C20H22N2O5S. The fourth-order valence-electron chi connectivity index (χ4n) is 3.14. The van der Waals surface area contributed by atoms with Crippen molar-refractivity contribution in [3.8, 4) is 0 Å². The van der Waals surface area contributed by atoms with Crippen molar-refractivity contribution in [3.05, 3.63) is 65.2 Å². The number of likely N-dealkylation sites (N-methyl/N-ethyl adjacent to an activating group) is 1. The van der Waals surface area contributed by atoms with Crippen LogP contribution in [0.5, 0.6) is 0 Å². The summed E-state index contributed by atoms with van der Waals surface area (Å²) >= 11 is 0. The number of sulfonamides is 1. The van der Waals surface area contributed by atoms with Gasteiger partial charge in [0.15, 0.2) is 0 Å². The molecule has 1 atom stereocenters. The first-order valence-electron chi connectivity index (χ1n) is 8.76. The van der Waals surface area contributed by atoms with Gasteiger partial charge in [0.05, 0.1) is 17.5 Å². The molecule has 0 radical (unpaired) electrons. The summed E-state index contributed by atoms with van der Waals surface area (Å²) in [5.74, 6) is -0.978. The van der Waals surface area contributed by atoms with Gasteiger partial charge in [-0.15, -0.1) is 0 Å². The first kappa shape index (κ1) is 19.9. The van der Waals surface area contributed by atoms with E-state index in [1.807, 2.05) is 6.07 Å². The number of carbonyl (C=O) groups is 2. The second-order valence-corrected chi connectivity index (χ2v) is 8.76. The van der Waals surface area contributed by atoms with Crippen LogP contribution in [0.4, 0.5) is 5.69 Å². The van der Waals surface area contributed by atoms with Crippen LogP contribution in [0, 0.1) is 0 Å². The van der Waals surface area contributed by atoms with Crippen LogP contribution in [0.25, 0.3) is 0 Å². The normalized spacial score (nSPS) is 14.3. The quantitative estimate of drug-likeness (QED) is 0.714. The fourth-order valence-corrected chi connectivity index (χ4v) is 4.10. The van der Waals surface area contributed by atoms with Crippen LogP contribution in [-0.2, 0) is 26.0 Å². The van der Waals surface area contributed by atoms with Gasteiger partial charge in [0.25, 0.3) is 5.91 Å². The van der Waals surface area contributed by atoms with E-state index in [2.05, 4.69) is 0 Å². The van der Waals surface area contributed by atoms with Crippen LogP contribution in [0.3, 0.4) is 0 Å². The molecule has 0 fully saturated rings. The highest BCUT2D eigenvalue weighted by Gasteiger charge is 2.29. The van der Waals surface area contributed by atoms with Crippen molar-refractivity contribution in [1.82, 2.24) is 4.90 Å². The van der Waals surface area contributed by atoms with Gasteiger partial charge in [-0.3, -0.25) is 9.10 Å². The highest BCUT2D eigenvalue weighted by atomic mass is 32.2. The molecule has 2 aromatic carbocycles. The molecule has 1 amide bonds. The molecule has 3 rings (SSSR count). The van der Waals surface area contributed by atoms with Gasteiger partial charge in [0.2, 0.25) is 16.1 Å². The lowest BCUT2D eigenvalue weighted by Gasteiger charge is -2.21. The zero-order valence-corrected chi connectivity index (χ0v) is 16.8. The SMILES string of the molecule is CN(C)C(=O)[C@H](OC(=O)c1ccc2c(c1)CCN2S(C)(=O)=O)c1ccccc1. The molecule has 28 heavy (non-hydrogen) atoms. The molecule has 148 valence electrons. The Kier molecular flexibility index (Phi) is 5.42. The lowest BCUT2D eigenvalue weighted by Crippen LogP contribution is -2.31. The van der Waals surface area contributed by atoms with Crippen molar-refractivity contribution in [2.24, 2.45) is 0 Å². The van der Waals surface area contributed by atoms with Crippen LogP contribution in [0.1, 0.15) is 27.6 Å². The summed E-state index contributed by atoms with van der Waals surface area (Å²) in [4.78, 5) is 26.6. The Balaban J connectivity index is 1.86. The van der Waals surface area contributed by atoms with Gasteiger partial charge in [-0.25, -0.2) is 13.2 Å². The molecule has 0 aromatic heterocycles. The first-order chi connectivity index (χ1) is 13.2. The third-order valence-corrected chi connectivity index (χ3v) is 5.74. The minimum absolute atomic E-state index is 0.279. The smallest absolute Gasteiger partial charge is 0.339 e. The van der Waals surface area contributed by atoms with Crippen LogP contribution in [0.2, 0.25) is 0 Å². The Bertz CT molecular complexity index is 1000. The van der Waals surface area contributed by atoms with Crippen LogP contribution >= 0.6 is 0 Å². The van der Waals surface area contributed by atoms with E-state index in [1.54, 1.807) is 50.5 Å². The van der Waals surface area contributed by atoms with Gasteiger partial charge in [-0.05, 0) is 30.2 Å². The Morgan fingerprint density at radius 3 is 2.39 bits per heavy atom. The standard InChI is InChI=1S/C20H22N2O5S/c1-21(2)19(23)18(14-7-5-4-6-8-14)27-20(24)16-9-10-17-15(13-16)11-12-22(17)28(3,25)26/h4-10,13,18H,11-12H2,1-3H3/t18-/m1/s1. The number of hydrogen-bond acceptors (Lipinski definition) is 5. The maximum Gasteiger partial charge on any atom is 0.339 e. The molecule has 0 saturated carbocycles. The Labute approximate surface area is 164 Å². The molecular weight excluding hydrogens is 380 g/mol. The molecule has 0 bridgehead atoms. The molecule has 2 aromatic rings. The molecule has 0 aliphatic carbocycles. The lowest BCUT2D eigenvalue weighted by atomic mass is 10.1. The van der Waals surface area contributed by atoms with Crippen molar-refractivity contribution in [1.29, 1.82) is 0 Å². The third-order valence-electron chi connectivity index (χ3n) is 4.56. The van der Waals surface area contributed by atoms with Crippen LogP contribution < -0.4 is 4.31 Å². The van der Waals surface area contributed by atoms with Crippen molar-refractivity contribution in [2.75, 3.05) is 31.2 Å². The predicted octanol–water partition coefficient (Wildman–Crippen LogP) is 2.00. The fraction of sp³-hybridized carbons (Fsp3) is 0.300. The second-order valence-electron chi connectivity index (χ2n) is 6.86. The minimum atomic E-state index is -3.36. The summed E-state index contributed by atoms with van der Waals surface area (Å²) in [5.41, 5.74) is 2.19. The minimum Gasteiger partial charge on any atom is -0.444 e. The predicted molar refractivity (Wildman–Crippen MR) is 106 cm³/mol. The van der Waals surface area contributed by atoms with E-state index in [0.717, 1.165) is 11.8 Å². The maximum absolute atomic E-state index is 12.7. The number of rotatable bonds is 5. The van der Waals surface area contributed by atoms with Gasteiger partial charge in [0, 0.05) is 26.2 Å². The zero-order chi connectivity index (χ0) is 20.5. The van der Waals surface area contributed by atoms with Gasteiger partial charge < -0.3 is 9.64 Å². The van der Waals surface area contributed by atoms with Gasteiger partial charge in [-0.2, -0.15) is 0 Å². The van der Waals surface area contributed by atoms with Crippen molar-refractivity contribution < 1.29 is 22.7 Å². The van der Waals surface area contributed by atoms with Crippen molar-refractivity contribution in [2.45, 2.75) is 12.5 Å².